The molecule has 5 heteroatoms. The Hall–Kier alpha value is -1.49. The van der Waals surface area contributed by atoms with Crippen LogP contribution < -0.4 is 4.74 Å². The highest BCUT2D eigenvalue weighted by Gasteiger charge is 2.32. The number of rotatable bonds is 3. The third kappa shape index (κ3) is 3.00. The molecule has 0 saturated carbocycles. The Balaban J connectivity index is 2.16. The Bertz CT molecular complexity index is 477. The standard InChI is InChI=1S/C12H9F3OS/c13-12(14,15)11-4-2-1-3-9(11)7-16-10-5-6-17-8-10/h1-6,8H,7H2. The van der Waals surface area contributed by atoms with Crippen LogP contribution in [0, 0.1) is 0 Å². The molecule has 0 radical (unpaired) electrons. The average Bonchev–Trinajstić information content (AvgIpc) is 2.78. The van der Waals surface area contributed by atoms with Gasteiger partial charge in [-0.05, 0) is 17.5 Å². The van der Waals surface area contributed by atoms with Crippen LogP contribution in [-0.2, 0) is 12.8 Å². The molecule has 0 spiro atoms. The van der Waals surface area contributed by atoms with Crippen molar-refractivity contribution >= 4 is 11.3 Å². The lowest BCUT2D eigenvalue weighted by Crippen LogP contribution is -2.10. The van der Waals surface area contributed by atoms with Gasteiger partial charge in [0, 0.05) is 10.9 Å². The van der Waals surface area contributed by atoms with Gasteiger partial charge in [-0.3, -0.25) is 0 Å². The number of ether oxygens (including phenoxy) is 1. The van der Waals surface area contributed by atoms with E-state index >= 15 is 0 Å². The van der Waals surface area contributed by atoms with Gasteiger partial charge in [-0.15, -0.1) is 11.3 Å². The van der Waals surface area contributed by atoms with Crippen LogP contribution in [0.4, 0.5) is 13.2 Å². The highest BCUT2D eigenvalue weighted by Crippen LogP contribution is 2.32. The van der Waals surface area contributed by atoms with Crippen LogP contribution in [0.2, 0.25) is 0 Å². The van der Waals surface area contributed by atoms with Crippen molar-refractivity contribution < 1.29 is 17.9 Å². The molecule has 0 aliphatic rings. The summed E-state index contributed by atoms with van der Waals surface area (Å²) in [4.78, 5) is 0. The maximum absolute atomic E-state index is 12.7. The fraction of sp³-hybridized carbons (Fsp3) is 0.167. The Labute approximate surface area is 100 Å². The minimum Gasteiger partial charge on any atom is -0.488 e. The maximum Gasteiger partial charge on any atom is 0.416 e. The van der Waals surface area contributed by atoms with Crippen molar-refractivity contribution in [1.29, 1.82) is 0 Å². The number of thiophene rings is 1. The lowest BCUT2D eigenvalue weighted by atomic mass is 10.1. The number of hydrogen-bond acceptors (Lipinski definition) is 2. The minimum absolute atomic E-state index is 0.0770. The fourth-order valence-electron chi connectivity index (χ4n) is 1.42. The third-order valence-corrected chi connectivity index (χ3v) is 2.87. The van der Waals surface area contributed by atoms with Gasteiger partial charge < -0.3 is 4.74 Å². The first-order valence-corrected chi connectivity index (χ1v) is 5.82. The molecule has 0 unspecified atom stereocenters. The topological polar surface area (TPSA) is 9.23 Å². The Morgan fingerprint density at radius 2 is 1.88 bits per heavy atom. The predicted octanol–water partition coefficient (Wildman–Crippen LogP) is 4.35. The van der Waals surface area contributed by atoms with E-state index in [1.54, 1.807) is 17.5 Å². The van der Waals surface area contributed by atoms with Gasteiger partial charge >= 0.3 is 6.18 Å². The highest BCUT2D eigenvalue weighted by atomic mass is 32.1. The molecule has 17 heavy (non-hydrogen) atoms. The molecular formula is C12H9F3OS. The Morgan fingerprint density at radius 1 is 1.12 bits per heavy atom. The summed E-state index contributed by atoms with van der Waals surface area (Å²) in [6, 6.07) is 7.15. The molecule has 0 atom stereocenters. The van der Waals surface area contributed by atoms with Gasteiger partial charge in [0.15, 0.2) is 0 Å². The van der Waals surface area contributed by atoms with E-state index < -0.39 is 11.7 Å². The van der Waals surface area contributed by atoms with Gasteiger partial charge in [-0.25, -0.2) is 0 Å². The molecule has 1 nitrogen and oxygen atoms in total. The summed E-state index contributed by atoms with van der Waals surface area (Å²) in [5.41, 5.74) is -0.499. The zero-order valence-electron chi connectivity index (χ0n) is 8.70. The third-order valence-electron chi connectivity index (χ3n) is 2.21. The summed E-state index contributed by atoms with van der Waals surface area (Å²) in [5, 5.41) is 3.56. The van der Waals surface area contributed by atoms with Gasteiger partial charge in [-0.1, -0.05) is 18.2 Å². The maximum atomic E-state index is 12.7. The number of alkyl halides is 3. The second-order valence-corrected chi connectivity index (χ2v) is 4.18. The van der Waals surface area contributed by atoms with Crippen molar-refractivity contribution in [3.05, 3.63) is 52.2 Å². The van der Waals surface area contributed by atoms with Crippen molar-refractivity contribution in [2.24, 2.45) is 0 Å². The summed E-state index contributed by atoms with van der Waals surface area (Å²) >= 11 is 1.44. The molecule has 1 heterocycles. The average molecular weight is 258 g/mol. The zero-order chi connectivity index (χ0) is 12.3. The van der Waals surface area contributed by atoms with Crippen molar-refractivity contribution in [1.82, 2.24) is 0 Å². The first kappa shape index (κ1) is 12.0. The van der Waals surface area contributed by atoms with E-state index in [2.05, 4.69) is 0 Å². The van der Waals surface area contributed by atoms with Gasteiger partial charge in [0.05, 0.1) is 5.56 Å². The van der Waals surface area contributed by atoms with Crippen LogP contribution in [0.3, 0.4) is 0 Å². The van der Waals surface area contributed by atoms with Crippen LogP contribution in [0.5, 0.6) is 5.75 Å². The SMILES string of the molecule is FC(F)(F)c1ccccc1COc1ccsc1. The van der Waals surface area contributed by atoms with Crippen molar-refractivity contribution in [2.75, 3.05) is 0 Å². The summed E-state index contributed by atoms with van der Waals surface area (Å²) in [6.07, 6.45) is -4.34. The molecule has 0 saturated heterocycles. The highest BCUT2D eigenvalue weighted by molar-refractivity contribution is 7.08. The number of halogens is 3. The monoisotopic (exact) mass is 258 g/mol. The van der Waals surface area contributed by atoms with Gasteiger partial charge in [0.2, 0.25) is 0 Å². The number of benzene rings is 1. The van der Waals surface area contributed by atoms with Crippen LogP contribution in [0.1, 0.15) is 11.1 Å². The number of hydrogen-bond donors (Lipinski definition) is 0. The van der Waals surface area contributed by atoms with Crippen LogP contribution in [0.15, 0.2) is 41.1 Å². The van der Waals surface area contributed by atoms with Crippen molar-refractivity contribution in [3.8, 4) is 5.75 Å². The molecule has 0 bridgehead atoms. The molecule has 1 aromatic carbocycles. The quantitative estimate of drug-likeness (QED) is 0.795. The smallest absolute Gasteiger partial charge is 0.416 e. The van der Waals surface area contributed by atoms with E-state index in [4.69, 9.17) is 4.74 Å². The fourth-order valence-corrected chi connectivity index (χ4v) is 1.99. The predicted molar refractivity (Wildman–Crippen MR) is 60.1 cm³/mol. The molecule has 1 aromatic heterocycles. The van der Waals surface area contributed by atoms with Gasteiger partial charge in [0.25, 0.3) is 0 Å². The molecule has 2 rings (SSSR count). The lowest BCUT2D eigenvalue weighted by Gasteiger charge is -2.12. The summed E-state index contributed by atoms with van der Waals surface area (Å²) in [5.74, 6) is 0.590. The molecule has 0 amide bonds. The summed E-state index contributed by atoms with van der Waals surface area (Å²) in [7, 11) is 0. The van der Waals surface area contributed by atoms with E-state index in [0.717, 1.165) is 6.07 Å². The molecule has 0 aliphatic carbocycles. The van der Waals surface area contributed by atoms with Crippen molar-refractivity contribution in [2.45, 2.75) is 12.8 Å². The molecule has 0 N–H and O–H groups in total. The van der Waals surface area contributed by atoms with Crippen LogP contribution in [0.25, 0.3) is 0 Å². The minimum atomic E-state index is -4.34. The van der Waals surface area contributed by atoms with E-state index in [1.165, 1.54) is 23.5 Å². The van der Waals surface area contributed by atoms with E-state index in [0.29, 0.717) is 5.75 Å². The van der Waals surface area contributed by atoms with Gasteiger partial charge in [-0.2, -0.15) is 13.2 Å². The van der Waals surface area contributed by atoms with Gasteiger partial charge in [0.1, 0.15) is 12.4 Å². The summed E-state index contributed by atoms with van der Waals surface area (Å²) in [6.45, 7) is -0.0770. The Morgan fingerprint density at radius 3 is 2.53 bits per heavy atom. The van der Waals surface area contributed by atoms with E-state index in [9.17, 15) is 13.2 Å². The molecule has 0 aliphatic heterocycles. The second-order valence-electron chi connectivity index (χ2n) is 3.40. The van der Waals surface area contributed by atoms with Crippen LogP contribution in [-0.4, -0.2) is 0 Å². The second kappa shape index (κ2) is 4.79. The first-order chi connectivity index (χ1) is 8.07. The normalized spacial score (nSPS) is 11.5. The first-order valence-electron chi connectivity index (χ1n) is 4.87. The molecule has 2 aromatic rings. The van der Waals surface area contributed by atoms with E-state index in [-0.39, 0.29) is 12.2 Å². The van der Waals surface area contributed by atoms with Crippen LogP contribution >= 0.6 is 11.3 Å². The van der Waals surface area contributed by atoms with E-state index in [1.807, 2.05) is 5.38 Å². The zero-order valence-corrected chi connectivity index (χ0v) is 9.52. The van der Waals surface area contributed by atoms with Crippen molar-refractivity contribution in [3.63, 3.8) is 0 Å². The molecular weight excluding hydrogens is 249 g/mol. The molecule has 0 fully saturated rings. The summed E-state index contributed by atoms with van der Waals surface area (Å²) < 4.78 is 43.3. The Kier molecular flexibility index (Phi) is 3.38. The molecule has 90 valence electrons. The largest absolute Gasteiger partial charge is 0.488 e. The lowest BCUT2D eigenvalue weighted by molar-refractivity contribution is -0.138.